The molecule has 6 heterocycles. The average molecular weight is 1270 g/mol. The van der Waals surface area contributed by atoms with Crippen LogP contribution in [0.3, 0.4) is 0 Å². The van der Waals surface area contributed by atoms with Gasteiger partial charge in [-0.1, -0.05) is 243 Å². The van der Waals surface area contributed by atoms with Gasteiger partial charge in [0.25, 0.3) is 0 Å². The fraction of sp³-hybridized carbons (Fsp3) is 0.0323. The van der Waals surface area contributed by atoms with Crippen LogP contribution in [0.15, 0.2) is 318 Å². The van der Waals surface area contributed by atoms with E-state index in [-0.39, 0.29) is 0 Å². The average Bonchev–Trinajstić information content (AvgIpc) is 1.50. The Bertz CT molecular complexity index is 6880. The van der Waals surface area contributed by atoms with Gasteiger partial charge in [-0.25, -0.2) is 0 Å². The summed E-state index contributed by atoms with van der Waals surface area (Å²) in [6.07, 6.45) is 0. The molecule has 0 aliphatic carbocycles. The van der Waals surface area contributed by atoms with Gasteiger partial charge >= 0.3 is 0 Å². The third-order valence-corrected chi connectivity index (χ3v) is 21.3. The van der Waals surface area contributed by atoms with Crippen LogP contribution in [0, 0.1) is 20.8 Å². The van der Waals surface area contributed by atoms with Crippen LogP contribution >= 0.6 is 0 Å². The third-order valence-electron chi connectivity index (χ3n) is 21.3. The van der Waals surface area contributed by atoms with Gasteiger partial charge in [-0.3, -0.25) is 0 Å². The molecule has 99 heavy (non-hydrogen) atoms. The third kappa shape index (κ3) is 7.82. The van der Waals surface area contributed by atoms with Crippen molar-refractivity contribution in [3.63, 3.8) is 0 Å². The summed E-state index contributed by atoms with van der Waals surface area (Å²) in [4.78, 5) is 4.80. The maximum Gasteiger partial charge on any atom is 0.159 e. The van der Waals surface area contributed by atoms with Gasteiger partial charge in [0.15, 0.2) is 11.2 Å². The van der Waals surface area contributed by atoms with E-state index in [0.717, 1.165) is 117 Å². The molecule has 0 spiro atoms. The Labute approximate surface area is 569 Å². The van der Waals surface area contributed by atoms with Gasteiger partial charge in [-0.2, -0.15) is 0 Å². The SMILES string of the molecule is Cc1ccccc1-c1cccc2c1oc1c(N(c3ccccc3)c3ccc4c(c3)c3cccc5c6c(-c7ccccc7)c7c(c(-c8ccccc8)c6n4c35)c3cccc4c5cc(N(c6ccccc6)c6c(C)ccc8c6oc6c(-c9ccccc9C)cccc68)ccc5n7c43)cccc12. The normalized spacial score (nSPS) is 12.2. The summed E-state index contributed by atoms with van der Waals surface area (Å²) >= 11 is 0. The Balaban J connectivity index is 0.818. The molecule has 464 valence electrons. The zero-order chi connectivity index (χ0) is 65.3. The zero-order valence-electron chi connectivity index (χ0n) is 54.6. The lowest BCUT2D eigenvalue weighted by Crippen LogP contribution is -2.11. The van der Waals surface area contributed by atoms with E-state index in [1.807, 2.05) is 0 Å². The second-order valence-corrected chi connectivity index (χ2v) is 26.7. The van der Waals surface area contributed by atoms with Crippen molar-refractivity contribution >= 4 is 154 Å². The highest BCUT2D eigenvalue weighted by Gasteiger charge is 2.33. The predicted molar refractivity (Wildman–Crippen MR) is 416 cm³/mol. The van der Waals surface area contributed by atoms with Crippen molar-refractivity contribution in [2.24, 2.45) is 0 Å². The van der Waals surface area contributed by atoms with Crippen LogP contribution in [-0.4, -0.2) is 8.80 Å². The molecule has 6 aromatic heterocycles. The van der Waals surface area contributed by atoms with Crippen molar-refractivity contribution in [2.75, 3.05) is 9.80 Å². The van der Waals surface area contributed by atoms with Gasteiger partial charge in [-0.05, 0) is 126 Å². The number of anilines is 6. The van der Waals surface area contributed by atoms with Gasteiger partial charge in [0.2, 0.25) is 0 Å². The number of fused-ring (bicyclic) bond motifs is 18. The first-order valence-corrected chi connectivity index (χ1v) is 34.2. The lowest BCUT2D eigenvalue weighted by molar-refractivity contribution is 0.669. The number of para-hydroxylation sites is 7. The second kappa shape index (κ2) is 21.0. The van der Waals surface area contributed by atoms with Gasteiger partial charge in [0.05, 0.1) is 44.5 Å². The number of rotatable bonds is 10. The maximum absolute atomic E-state index is 7.29. The first-order chi connectivity index (χ1) is 48.9. The van der Waals surface area contributed by atoms with Gasteiger partial charge in [0.1, 0.15) is 11.2 Å². The van der Waals surface area contributed by atoms with E-state index in [0.29, 0.717) is 0 Å². The highest BCUT2D eigenvalue weighted by molar-refractivity contribution is 6.38. The Kier molecular flexibility index (Phi) is 11.8. The number of hydrogen-bond donors (Lipinski definition) is 0. The molecule has 0 atom stereocenters. The van der Waals surface area contributed by atoms with E-state index in [2.05, 4.69) is 349 Å². The smallest absolute Gasteiger partial charge is 0.159 e. The number of benzene rings is 15. The number of nitrogens with zero attached hydrogens (tertiary/aromatic N) is 4. The fourth-order valence-electron chi connectivity index (χ4n) is 17.1. The van der Waals surface area contributed by atoms with Crippen LogP contribution in [0.25, 0.3) is 165 Å². The molecule has 0 aliphatic heterocycles. The Morgan fingerprint density at radius 3 is 1.16 bits per heavy atom. The van der Waals surface area contributed by atoms with Crippen LogP contribution in [0.4, 0.5) is 34.1 Å². The standard InChI is InChI=1S/C93H60N4O2/c1-55-25-16-18-35-64(55)68-39-22-41-70-72-43-24-46-80(92(72)98-90(68)70)94(60-31-12-6-13-32-60)62-48-51-78-76(53-62)66-37-20-44-74-83-82(59-29-10-5-11-30-59)89-84(81(58-27-8-4-9-28-58)88(83)96(78)86(66)74)75-45-21-38-67-77-54-63(49-52-79(77)97(89)87(67)75)95(61-33-14-7-15-34-61)85-57(3)47-50-73-71-42-23-40-69(91(71)99-93(73)85)65-36-19-17-26-56(65)2/h4-54H,1-3H3. The quantitative estimate of drug-likeness (QED) is 0.137. The molecule has 0 saturated carbocycles. The molecule has 21 aromatic rings. The van der Waals surface area contributed by atoms with Crippen molar-refractivity contribution in [3.05, 3.63) is 326 Å². The molecule has 0 unspecified atom stereocenters. The highest BCUT2D eigenvalue weighted by Crippen LogP contribution is 2.56. The summed E-state index contributed by atoms with van der Waals surface area (Å²) in [6, 6.07) is 113. The summed E-state index contributed by atoms with van der Waals surface area (Å²) in [5.41, 5.74) is 29.5. The topological polar surface area (TPSA) is 41.6 Å². The molecule has 6 nitrogen and oxygen atoms in total. The Morgan fingerprint density at radius 2 is 0.646 bits per heavy atom. The fourth-order valence-corrected chi connectivity index (χ4v) is 17.1. The second-order valence-electron chi connectivity index (χ2n) is 26.7. The van der Waals surface area contributed by atoms with E-state index in [1.165, 1.54) is 98.5 Å². The first-order valence-electron chi connectivity index (χ1n) is 34.2. The van der Waals surface area contributed by atoms with Gasteiger partial charge < -0.3 is 27.4 Å². The Morgan fingerprint density at radius 1 is 0.253 bits per heavy atom. The van der Waals surface area contributed by atoms with Crippen molar-refractivity contribution < 1.29 is 8.83 Å². The van der Waals surface area contributed by atoms with E-state index in [9.17, 15) is 0 Å². The number of furan rings is 2. The molecule has 0 aliphatic rings. The molecular formula is C93H60N4O2. The Hall–Kier alpha value is -12.9. The summed E-state index contributed by atoms with van der Waals surface area (Å²) in [5, 5.41) is 14.0. The summed E-state index contributed by atoms with van der Waals surface area (Å²) in [5.74, 6) is 0. The molecule has 0 saturated heterocycles. The number of aryl methyl sites for hydroxylation is 3. The minimum absolute atomic E-state index is 0.842. The van der Waals surface area contributed by atoms with E-state index in [4.69, 9.17) is 8.83 Å². The van der Waals surface area contributed by atoms with Crippen molar-refractivity contribution in [3.8, 4) is 44.5 Å². The van der Waals surface area contributed by atoms with E-state index >= 15 is 0 Å². The monoisotopic (exact) mass is 1260 g/mol. The molecule has 0 bridgehead atoms. The van der Waals surface area contributed by atoms with Gasteiger partial charge in [-0.15, -0.1) is 0 Å². The molecule has 0 fully saturated rings. The van der Waals surface area contributed by atoms with Crippen LogP contribution in [-0.2, 0) is 0 Å². The molecular weight excluding hydrogens is 1210 g/mol. The van der Waals surface area contributed by atoms with E-state index < -0.39 is 0 Å². The molecule has 0 radical (unpaired) electrons. The van der Waals surface area contributed by atoms with Crippen molar-refractivity contribution in [1.29, 1.82) is 0 Å². The largest absolute Gasteiger partial charge is 0.453 e. The highest BCUT2D eigenvalue weighted by atomic mass is 16.3. The lowest BCUT2D eigenvalue weighted by atomic mass is 9.89. The molecule has 0 amide bonds. The first kappa shape index (κ1) is 55.4. The molecule has 6 heteroatoms. The summed E-state index contributed by atoms with van der Waals surface area (Å²) in [6.45, 7) is 6.56. The predicted octanol–water partition coefficient (Wildman–Crippen LogP) is 26.3. The van der Waals surface area contributed by atoms with Crippen molar-refractivity contribution in [1.82, 2.24) is 8.80 Å². The number of aromatic nitrogens is 2. The minimum Gasteiger partial charge on any atom is -0.453 e. The maximum atomic E-state index is 7.29. The minimum atomic E-state index is 0.842. The van der Waals surface area contributed by atoms with E-state index in [1.54, 1.807) is 0 Å². The molecule has 0 N–H and O–H groups in total. The van der Waals surface area contributed by atoms with Crippen LogP contribution in [0.5, 0.6) is 0 Å². The van der Waals surface area contributed by atoms with Crippen LogP contribution < -0.4 is 9.80 Å². The lowest BCUT2D eigenvalue weighted by Gasteiger charge is -2.27. The molecule has 15 aromatic carbocycles. The molecule has 21 rings (SSSR count). The van der Waals surface area contributed by atoms with Gasteiger partial charge in [0, 0.05) is 110 Å². The number of hydrogen-bond acceptors (Lipinski definition) is 4. The van der Waals surface area contributed by atoms with Crippen LogP contribution in [0.2, 0.25) is 0 Å². The summed E-state index contributed by atoms with van der Waals surface area (Å²) < 4.78 is 19.7. The van der Waals surface area contributed by atoms with Crippen LogP contribution in [0.1, 0.15) is 16.7 Å². The van der Waals surface area contributed by atoms with Crippen molar-refractivity contribution in [2.45, 2.75) is 20.8 Å². The zero-order valence-corrected chi connectivity index (χ0v) is 54.6. The summed E-state index contributed by atoms with van der Waals surface area (Å²) in [7, 11) is 0.